The maximum Gasteiger partial charge on any atom is 0.161 e. The molecule has 3 aliphatic rings. The summed E-state index contributed by atoms with van der Waals surface area (Å²) in [5, 5.41) is 38.1. The van der Waals surface area contributed by atoms with Gasteiger partial charge in [-0.2, -0.15) is 0 Å². The first-order chi connectivity index (χ1) is 25.4. The van der Waals surface area contributed by atoms with Crippen molar-refractivity contribution in [2.45, 2.75) is 102 Å². The van der Waals surface area contributed by atoms with Crippen molar-refractivity contribution < 1.29 is 29.5 Å². The number of phenols is 1. The third-order valence-corrected chi connectivity index (χ3v) is 11.2. The van der Waals surface area contributed by atoms with E-state index in [1.807, 2.05) is 18.2 Å². The fourth-order valence-corrected chi connectivity index (χ4v) is 8.18. The van der Waals surface area contributed by atoms with Crippen molar-refractivity contribution in [1.82, 2.24) is 9.88 Å². The highest BCUT2D eigenvalue weighted by Crippen LogP contribution is 2.43. The summed E-state index contributed by atoms with van der Waals surface area (Å²) >= 11 is 0. The van der Waals surface area contributed by atoms with Gasteiger partial charge in [0.15, 0.2) is 11.5 Å². The molecule has 0 radical (unpaired) electrons. The van der Waals surface area contributed by atoms with E-state index in [4.69, 9.17) is 19.9 Å². The first-order valence-corrected chi connectivity index (χ1v) is 19.0. The monoisotopic (exact) mass is 707 g/mol. The molecule has 3 aliphatic heterocycles. The zero-order chi connectivity index (χ0) is 36.1. The zero-order valence-electron chi connectivity index (χ0n) is 30.2. The van der Waals surface area contributed by atoms with E-state index in [1.54, 1.807) is 6.07 Å². The van der Waals surface area contributed by atoms with Gasteiger partial charge in [-0.05, 0) is 90.6 Å². The van der Waals surface area contributed by atoms with Crippen LogP contribution in [-0.2, 0) is 34.5 Å². The quantitative estimate of drug-likeness (QED) is 0.133. The highest BCUT2D eigenvalue weighted by atomic mass is 16.5. The predicted molar refractivity (Wildman–Crippen MR) is 204 cm³/mol. The molecule has 0 saturated carbocycles. The van der Waals surface area contributed by atoms with Crippen LogP contribution in [0.3, 0.4) is 0 Å². The number of aromatic nitrogens is 1. The summed E-state index contributed by atoms with van der Waals surface area (Å²) in [6, 6.07) is 18.7. The molecule has 276 valence electrons. The number of unbranched alkanes of at least 4 members (excludes halogenated alkanes) is 2. The van der Waals surface area contributed by atoms with Crippen LogP contribution in [0.2, 0.25) is 0 Å². The molecule has 1 saturated heterocycles. The number of benzene rings is 3. The van der Waals surface area contributed by atoms with Gasteiger partial charge in [0, 0.05) is 47.4 Å². The van der Waals surface area contributed by atoms with E-state index in [1.165, 1.54) is 11.1 Å². The molecule has 4 heterocycles. The van der Waals surface area contributed by atoms with E-state index >= 15 is 0 Å². The van der Waals surface area contributed by atoms with Gasteiger partial charge in [-0.3, -0.25) is 0 Å². The van der Waals surface area contributed by atoms with Gasteiger partial charge in [0.25, 0.3) is 0 Å². The largest absolute Gasteiger partial charge is 0.504 e. The number of aliphatic hydroxyl groups excluding tert-OH is 2. The number of dihydropyridines is 1. The van der Waals surface area contributed by atoms with Crippen molar-refractivity contribution in [3.05, 3.63) is 113 Å². The normalized spacial score (nSPS) is 22.3. The van der Waals surface area contributed by atoms with Crippen LogP contribution in [0.1, 0.15) is 86.1 Å². The van der Waals surface area contributed by atoms with Gasteiger partial charge in [0.1, 0.15) is 12.4 Å². The van der Waals surface area contributed by atoms with Crippen LogP contribution in [0, 0.1) is 0 Å². The molecule has 0 aliphatic carbocycles. The average Bonchev–Trinajstić information content (AvgIpc) is 3.61. The summed E-state index contributed by atoms with van der Waals surface area (Å²) in [7, 11) is 0. The van der Waals surface area contributed by atoms with Crippen LogP contribution in [0.25, 0.3) is 16.6 Å². The van der Waals surface area contributed by atoms with Gasteiger partial charge in [0.05, 0.1) is 31.6 Å². The molecule has 4 aromatic rings. The molecule has 52 heavy (non-hydrogen) atoms. The lowest BCUT2D eigenvalue weighted by Crippen LogP contribution is -2.38. The number of hydrogen-bond donors (Lipinski definition) is 5. The standard InChI is InChI=1S/C43H53N3O6/c1-2-3-5-10-37-23-36(48)13-11-29-22-40(39(49)21-32(29)26-47)52-28-33-20-35(43(15-17-50-18-16-43)34-8-6-4-7-9-34)19-31-24-46(25-38(31)33)42-30(27-51-37)12-14-41(44)45-42/h4,6-9,12,14,19-22,24-25,36-37,41,45,47-49H,2-3,5,10-11,13,15-18,23,26-28,44H2,1H3/t36-,37+,41?/m1/s1. The Hall–Kier alpha value is -4.12. The highest BCUT2D eigenvalue weighted by molar-refractivity contribution is 5.88. The van der Waals surface area contributed by atoms with Crippen molar-refractivity contribution >= 4 is 16.6 Å². The number of aromatic hydroxyl groups is 1. The minimum absolute atomic E-state index is 0.0238. The van der Waals surface area contributed by atoms with Gasteiger partial charge < -0.3 is 45.1 Å². The smallest absolute Gasteiger partial charge is 0.161 e. The van der Waals surface area contributed by atoms with Crippen LogP contribution in [0.4, 0.5) is 0 Å². The summed E-state index contributed by atoms with van der Waals surface area (Å²) in [5.41, 5.74) is 12.1. The molecule has 1 unspecified atom stereocenters. The van der Waals surface area contributed by atoms with E-state index in [0.717, 1.165) is 71.8 Å². The molecule has 9 heteroatoms. The molecule has 1 aromatic heterocycles. The van der Waals surface area contributed by atoms with E-state index in [-0.39, 0.29) is 36.6 Å². The molecule has 6 N–H and O–H groups in total. The van der Waals surface area contributed by atoms with E-state index in [0.29, 0.717) is 50.4 Å². The second-order valence-electron chi connectivity index (χ2n) is 14.7. The predicted octanol–water partition coefficient (Wildman–Crippen LogP) is 6.79. The topological polar surface area (TPSA) is 131 Å². The lowest BCUT2D eigenvalue weighted by Gasteiger charge is -2.39. The molecular weight excluding hydrogens is 654 g/mol. The van der Waals surface area contributed by atoms with Gasteiger partial charge >= 0.3 is 0 Å². The molecule has 4 bridgehead atoms. The molecule has 3 aromatic carbocycles. The molecule has 0 spiro atoms. The van der Waals surface area contributed by atoms with Gasteiger partial charge in [-0.25, -0.2) is 0 Å². The molecule has 1 fully saturated rings. The number of aryl methyl sites for hydroxylation is 1. The van der Waals surface area contributed by atoms with E-state index in [2.05, 4.69) is 71.7 Å². The number of phenolic OH excluding ortho intramolecular Hbond substituents is 1. The second-order valence-corrected chi connectivity index (χ2v) is 14.7. The Labute approximate surface area is 306 Å². The summed E-state index contributed by atoms with van der Waals surface area (Å²) in [4.78, 5) is 0. The first kappa shape index (κ1) is 36.2. The molecular formula is C43H53N3O6. The van der Waals surface area contributed by atoms with Gasteiger partial charge in [-0.1, -0.05) is 68.7 Å². The Morgan fingerprint density at radius 3 is 2.60 bits per heavy atom. The fourth-order valence-electron chi connectivity index (χ4n) is 8.18. The summed E-state index contributed by atoms with van der Waals surface area (Å²) in [6.45, 7) is 3.90. The number of ether oxygens (including phenoxy) is 3. The highest BCUT2D eigenvalue weighted by Gasteiger charge is 2.37. The number of fused-ring (bicyclic) bond motifs is 4. The number of nitrogens with one attached hydrogen (secondary N) is 1. The van der Waals surface area contributed by atoms with Gasteiger partial charge in [-0.15, -0.1) is 0 Å². The third kappa shape index (κ3) is 7.80. The molecule has 7 rings (SSSR count). The third-order valence-electron chi connectivity index (χ3n) is 11.2. The van der Waals surface area contributed by atoms with E-state index in [9.17, 15) is 15.3 Å². The van der Waals surface area contributed by atoms with Crippen LogP contribution in [0.5, 0.6) is 11.5 Å². The van der Waals surface area contributed by atoms with Crippen LogP contribution >= 0.6 is 0 Å². The average molecular weight is 708 g/mol. The lowest BCUT2D eigenvalue weighted by atomic mass is 9.68. The van der Waals surface area contributed by atoms with Crippen molar-refractivity contribution in [2.24, 2.45) is 5.73 Å². The van der Waals surface area contributed by atoms with Crippen molar-refractivity contribution in [2.75, 3.05) is 19.8 Å². The Balaban J connectivity index is 1.37. The summed E-state index contributed by atoms with van der Waals surface area (Å²) in [6.07, 6.45) is 14.5. The van der Waals surface area contributed by atoms with Crippen LogP contribution in [-0.4, -0.2) is 58.1 Å². The molecule has 9 nitrogen and oxygen atoms in total. The number of rotatable bonds is 7. The SMILES string of the molecule is CCCCC[C@H]1C[C@H](O)CCc2cc(c(O)cc2CO)OCc2cc(C3(c4ccccc4)CCOCC3)cc3cn(cc23)C2=C(C=CC(N)N2)CO1. The number of nitrogens with zero attached hydrogens (tertiary/aromatic N) is 1. The Kier molecular flexibility index (Phi) is 11.3. The minimum Gasteiger partial charge on any atom is -0.504 e. The summed E-state index contributed by atoms with van der Waals surface area (Å²) < 4.78 is 21.1. The van der Waals surface area contributed by atoms with E-state index < -0.39 is 6.10 Å². The van der Waals surface area contributed by atoms with Gasteiger partial charge in [0.2, 0.25) is 0 Å². The lowest BCUT2D eigenvalue weighted by molar-refractivity contribution is 0.0171. The number of hydrogen-bond acceptors (Lipinski definition) is 8. The minimum atomic E-state index is -0.595. The Morgan fingerprint density at radius 1 is 0.981 bits per heavy atom. The zero-order valence-corrected chi connectivity index (χ0v) is 30.2. The first-order valence-electron chi connectivity index (χ1n) is 19.0. The second kappa shape index (κ2) is 16.3. The van der Waals surface area contributed by atoms with Crippen LogP contribution in [0.15, 0.2) is 84.7 Å². The van der Waals surface area contributed by atoms with Crippen LogP contribution < -0.4 is 15.8 Å². The Morgan fingerprint density at radius 2 is 1.81 bits per heavy atom. The van der Waals surface area contributed by atoms with Crippen molar-refractivity contribution in [3.8, 4) is 11.5 Å². The number of aliphatic hydroxyl groups is 2. The maximum atomic E-state index is 11.2. The molecule has 3 atom stereocenters. The fraction of sp³-hybridized carbons (Fsp3) is 0.442. The maximum absolute atomic E-state index is 11.2. The number of nitrogens with two attached hydrogens (primary N) is 1. The molecule has 0 amide bonds. The van der Waals surface area contributed by atoms with Crippen molar-refractivity contribution in [3.63, 3.8) is 0 Å². The van der Waals surface area contributed by atoms with Crippen molar-refractivity contribution in [1.29, 1.82) is 0 Å². The summed E-state index contributed by atoms with van der Waals surface area (Å²) in [5.74, 6) is 1.18. The Bertz CT molecular complexity index is 1890.